The predicted octanol–water partition coefficient (Wildman–Crippen LogP) is 4.24. The van der Waals surface area contributed by atoms with Gasteiger partial charge in [-0.2, -0.15) is 15.0 Å². The third kappa shape index (κ3) is 3.47. The van der Waals surface area contributed by atoms with E-state index in [4.69, 9.17) is 0 Å². The Balaban J connectivity index is 1.77. The van der Waals surface area contributed by atoms with E-state index >= 15 is 4.39 Å². The zero-order valence-electron chi connectivity index (χ0n) is 19.2. The first-order chi connectivity index (χ1) is 16.7. The summed E-state index contributed by atoms with van der Waals surface area (Å²) < 4.78 is 17.7. The van der Waals surface area contributed by atoms with E-state index in [-0.39, 0.29) is 22.1 Å². The molecule has 0 N–H and O–H groups in total. The third-order valence-electron chi connectivity index (χ3n) is 5.96. The SMILES string of the molecule is CC(C)(C)c1cc(F)c2c(=O)n(-c3cccc(-n4cc(C#N)c5cncnc54)c3C=O)ncc2c1. The number of halogens is 1. The van der Waals surface area contributed by atoms with Gasteiger partial charge in [-0.25, -0.2) is 14.4 Å². The van der Waals surface area contributed by atoms with Crippen LogP contribution in [-0.2, 0) is 5.41 Å². The summed E-state index contributed by atoms with van der Waals surface area (Å²) in [4.78, 5) is 33.9. The molecule has 8 nitrogen and oxygen atoms in total. The Labute approximate surface area is 198 Å². The van der Waals surface area contributed by atoms with E-state index in [1.165, 1.54) is 24.8 Å². The molecule has 9 heteroatoms. The highest BCUT2D eigenvalue weighted by molar-refractivity contribution is 5.91. The first kappa shape index (κ1) is 22.1. The quantitative estimate of drug-likeness (QED) is 0.368. The summed E-state index contributed by atoms with van der Waals surface area (Å²) in [7, 11) is 0. The number of rotatable bonds is 3. The van der Waals surface area contributed by atoms with Crippen LogP contribution in [0.5, 0.6) is 0 Å². The standard InChI is InChI=1S/C26H19FN6O2/c1-26(2,3)17-7-15-10-31-33(25(35)23(15)20(27)8-17)22-6-4-5-21(19(22)13-34)32-12-16(9-28)18-11-29-14-30-24(18)32/h4-8,10-14H,1-3H3. The molecule has 0 saturated carbocycles. The van der Waals surface area contributed by atoms with Gasteiger partial charge in [-0.1, -0.05) is 26.8 Å². The molecule has 0 aliphatic rings. The van der Waals surface area contributed by atoms with Crippen molar-refractivity contribution < 1.29 is 9.18 Å². The maximum Gasteiger partial charge on any atom is 0.282 e. The second-order valence-corrected chi connectivity index (χ2v) is 9.15. The Bertz CT molecular complexity index is 1750. The third-order valence-corrected chi connectivity index (χ3v) is 5.96. The monoisotopic (exact) mass is 466 g/mol. The van der Waals surface area contributed by atoms with Gasteiger partial charge in [0.05, 0.1) is 39.5 Å². The summed E-state index contributed by atoms with van der Waals surface area (Å²) in [5, 5.41) is 14.6. The lowest BCUT2D eigenvalue weighted by atomic mass is 9.86. The molecule has 172 valence electrons. The Hall–Kier alpha value is -4.71. The van der Waals surface area contributed by atoms with Crippen LogP contribution in [0.2, 0.25) is 0 Å². The van der Waals surface area contributed by atoms with Gasteiger partial charge in [0.2, 0.25) is 0 Å². The summed E-state index contributed by atoms with van der Waals surface area (Å²) >= 11 is 0. The molecule has 0 aliphatic carbocycles. The van der Waals surface area contributed by atoms with Crippen LogP contribution in [0, 0.1) is 17.1 Å². The molecule has 5 rings (SSSR count). The molecule has 0 saturated heterocycles. The fourth-order valence-electron chi connectivity index (χ4n) is 4.13. The molecule has 35 heavy (non-hydrogen) atoms. The van der Waals surface area contributed by atoms with Crippen LogP contribution >= 0.6 is 0 Å². The van der Waals surface area contributed by atoms with Crippen molar-refractivity contribution in [2.45, 2.75) is 26.2 Å². The van der Waals surface area contributed by atoms with Crippen LogP contribution in [0.3, 0.4) is 0 Å². The molecule has 0 aliphatic heterocycles. The highest BCUT2D eigenvalue weighted by atomic mass is 19.1. The zero-order chi connectivity index (χ0) is 24.9. The zero-order valence-corrected chi connectivity index (χ0v) is 19.2. The van der Waals surface area contributed by atoms with Crippen molar-refractivity contribution in [1.29, 1.82) is 5.26 Å². The minimum Gasteiger partial charge on any atom is -0.299 e. The number of fused-ring (bicyclic) bond motifs is 2. The molecule has 3 aromatic heterocycles. The van der Waals surface area contributed by atoms with Gasteiger partial charge in [-0.3, -0.25) is 14.2 Å². The molecule has 3 heterocycles. The van der Waals surface area contributed by atoms with Crippen LogP contribution in [0.25, 0.3) is 33.2 Å². The molecular weight excluding hydrogens is 447 g/mol. The van der Waals surface area contributed by atoms with Crippen LogP contribution in [0.15, 0.2) is 60.0 Å². The van der Waals surface area contributed by atoms with Gasteiger partial charge in [-0.05, 0) is 35.2 Å². The van der Waals surface area contributed by atoms with E-state index in [0.29, 0.717) is 34.0 Å². The minimum absolute atomic E-state index is 0.110. The van der Waals surface area contributed by atoms with Crippen molar-refractivity contribution in [3.05, 3.63) is 88.1 Å². The van der Waals surface area contributed by atoms with Gasteiger partial charge >= 0.3 is 0 Å². The number of carbonyl (C=O) groups excluding carboxylic acids is 1. The van der Waals surface area contributed by atoms with Crippen LogP contribution in [0.1, 0.15) is 42.3 Å². The van der Waals surface area contributed by atoms with E-state index in [9.17, 15) is 14.9 Å². The van der Waals surface area contributed by atoms with Gasteiger partial charge in [0.15, 0.2) is 6.29 Å². The van der Waals surface area contributed by atoms with E-state index in [1.54, 1.807) is 35.0 Å². The number of nitrogens with zero attached hydrogens (tertiary/aromatic N) is 6. The fraction of sp³-hybridized carbons (Fsp3) is 0.154. The highest BCUT2D eigenvalue weighted by Gasteiger charge is 2.21. The largest absolute Gasteiger partial charge is 0.299 e. The predicted molar refractivity (Wildman–Crippen MR) is 129 cm³/mol. The molecule has 0 atom stereocenters. The van der Waals surface area contributed by atoms with Crippen LogP contribution < -0.4 is 5.56 Å². The number of aldehydes is 1. The normalized spacial score (nSPS) is 11.6. The number of benzene rings is 2. The molecule has 5 aromatic rings. The Morgan fingerprint density at radius 1 is 1.14 bits per heavy atom. The molecule has 0 bridgehead atoms. The summed E-state index contributed by atoms with van der Waals surface area (Å²) in [6.07, 6.45) is 6.43. The average Bonchev–Trinajstić information content (AvgIpc) is 3.21. The van der Waals surface area contributed by atoms with Crippen LogP contribution in [0.4, 0.5) is 4.39 Å². The minimum atomic E-state index is -0.682. The van der Waals surface area contributed by atoms with Crippen molar-refractivity contribution in [2.75, 3.05) is 0 Å². The van der Waals surface area contributed by atoms with E-state index < -0.39 is 11.4 Å². The maximum absolute atomic E-state index is 15.1. The summed E-state index contributed by atoms with van der Waals surface area (Å²) in [5.74, 6) is -0.649. The van der Waals surface area contributed by atoms with E-state index in [2.05, 4.69) is 21.1 Å². The first-order valence-electron chi connectivity index (χ1n) is 10.8. The Kier molecular flexibility index (Phi) is 5.02. The molecule has 0 spiro atoms. The van der Waals surface area contributed by atoms with Crippen molar-refractivity contribution in [3.63, 3.8) is 0 Å². The van der Waals surface area contributed by atoms with Crippen LogP contribution in [-0.4, -0.2) is 30.6 Å². The Morgan fingerprint density at radius 3 is 2.63 bits per heavy atom. The second kappa shape index (κ2) is 7.95. The van der Waals surface area contributed by atoms with Gasteiger partial charge in [0.1, 0.15) is 23.9 Å². The van der Waals surface area contributed by atoms with Gasteiger partial charge in [0, 0.05) is 17.8 Å². The molecule has 2 aromatic carbocycles. The molecular formula is C26H19FN6O2. The summed E-state index contributed by atoms with van der Waals surface area (Å²) in [5.41, 5.74) is 1.21. The maximum atomic E-state index is 15.1. The van der Waals surface area contributed by atoms with Gasteiger partial charge < -0.3 is 0 Å². The number of carbonyl (C=O) groups is 1. The lowest BCUT2D eigenvalue weighted by Crippen LogP contribution is -2.24. The van der Waals surface area contributed by atoms with Crippen molar-refractivity contribution >= 4 is 28.1 Å². The molecule has 0 radical (unpaired) electrons. The first-order valence-corrected chi connectivity index (χ1v) is 10.8. The fourth-order valence-corrected chi connectivity index (χ4v) is 4.13. The summed E-state index contributed by atoms with van der Waals surface area (Å²) in [6, 6.07) is 10.1. The number of hydrogen-bond donors (Lipinski definition) is 0. The molecule has 0 unspecified atom stereocenters. The molecule has 0 amide bonds. The lowest BCUT2D eigenvalue weighted by Gasteiger charge is -2.20. The average molecular weight is 466 g/mol. The Morgan fingerprint density at radius 2 is 1.91 bits per heavy atom. The second-order valence-electron chi connectivity index (χ2n) is 9.15. The van der Waals surface area contributed by atoms with E-state index in [1.807, 2.05) is 20.8 Å². The van der Waals surface area contributed by atoms with E-state index in [0.717, 1.165) is 10.2 Å². The highest BCUT2D eigenvalue weighted by Crippen LogP contribution is 2.29. The van der Waals surface area contributed by atoms with Gasteiger partial charge in [0.25, 0.3) is 5.56 Å². The summed E-state index contributed by atoms with van der Waals surface area (Å²) in [6.45, 7) is 5.87. The van der Waals surface area contributed by atoms with Crippen molar-refractivity contribution in [3.8, 4) is 17.4 Å². The van der Waals surface area contributed by atoms with Gasteiger partial charge in [-0.15, -0.1) is 0 Å². The number of aromatic nitrogens is 5. The molecule has 0 fully saturated rings. The smallest absolute Gasteiger partial charge is 0.282 e. The number of nitriles is 1. The lowest BCUT2D eigenvalue weighted by molar-refractivity contribution is 0.112. The van der Waals surface area contributed by atoms with Crippen molar-refractivity contribution in [2.24, 2.45) is 0 Å². The van der Waals surface area contributed by atoms with Crippen molar-refractivity contribution in [1.82, 2.24) is 24.3 Å². The number of hydrogen-bond acceptors (Lipinski definition) is 6. The topological polar surface area (TPSA) is 106 Å².